The number of benzene rings is 1. The van der Waals surface area contributed by atoms with Crippen molar-refractivity contribution in [1.82, 2.24) is 9.97 Å². The first-order valence-corrected chi connectivity index (χ1v) is 5.52. The summed E-state index contributed by atoms with van der Waals surface area (Å²) in [7, 11) is 1.25. The quantitative estimate of drug-likeness (QED) is 0.664. The van der Waals surface area contributed by atoms with Crippen LogP contribution in [-0.2, 0) is 4.74 Å². The first-order valence-electron chi connectivity index (χ1n) is 5.52. The Morgan fingerprint density at radius 3 is 2.85 bits per heavy atom. The number of anilines is 1. The van der Waals surface area contributed by atoms with E-state index in [-0.39, 0.29) is 17.3 Å². The number of carbonyl (C=O) groups excluding carboxylic acids is 1. The van der Waals surface area contributed by atoms with E-state index in [9.17, 15) is 4.79 Å². The highest BCUT2D eigenvalue weighted by atomic mass is 16.5. The summed E-state index contributed by atoms with van der Waals surface area (Å²) in [6.07, 6.45) is 2.60. The molecule has 0 amide bonds. The number of hydrogen-bond acceptors (Lipinski definition) is 7. The monoisotopic (exact) mass is 270 g/mol. The summed E-state index contributed by atoms with van der Waals surface area (Å²) in [4.78, 5) is 19.1. The van der Waals surface area contributed by atoms with Gasteiger partial charge in [0.15, 0.2) is 11.4 Å². The number of ether oxygens (including phenoxy) is 2. The fourth-order valence-electron chi connectivity index (χ4n) is 1.42. The fraction of sp³-hybridized carbons (Fsp3) is 0.0769. The Labute approximate surface area is 114 Å². The first kappa shape index (κ1) is 13.3. The number of hydrogen-bond donors (Lipinski definition) is 1. The van der Waals surface area contributed by atoms with E-state index < -0.39 is 5.97 Å². The van der Waals surface area contributed by atoms with E-state index in [1.807, 2.05) is 6.07 Å². The van der Waals surface area contributed by atoms with Crippen molar-refractivity contribution < 1.29 is 14.3 Å². The van der Waals surface area contributed by atoms with E-state index in [0.29, 0.717) is 11.3 Å². The van der Waals surface area contributed by atoms with Gasteiger partial charge in [-0.3, -0.25) is 4.98 Å². The molecule has 0 fully saturated rings. The van der Waals surface area contributed by atoms with E-state index >= 15 is 0 Å². The van der Waals surface area contributed by atoms with Crippen LogP contribution in [0.1, 0.15) is 16.1 Å². The molecule has 1 aromatic carbocycles. The highest BCUT2D eigenvalue weighted by molar-refractivity contribution is 5.86. The van der Waals surface area contributed by atoms with E-state index in [1.165, 1.54) is 25.6 Å². The molecule has 100 valence electrons. The number of methoxy groups -OCH3 is 1. The summed E-state index contributed by atoms with van der Waals surface area (Å²) in [5.74, 6) is -0.194. The third-order valence-corrected chi connectivity index (χ3v) is 2.36. The highest BCUT2D eigenvalue weighted by Gasteiger charge is 2.10. The Balaban J connectivity index is 2.26. The molecule has 2 aromatic rings. The Morgan fingerprint density at radius 2 is 2.20 bits per heavy atom. The summed E-state index contributed by atoms with van der Waals surface area (Å²) in [6, 6.07) is 6.55. The maximum atomic E-state index is 11.3. The number of rotatable bonds is 3. The second-order valence-electron chi connectivity index (χ2n) is 3.70. The van der Waals surface area contributed by atoms with Crippen molar-refractivity contribution in [1.29, 1.82) is 5.26 Å². The third-order valence-electron chi connectivity index (χ3n) is 2.36. The van der Waals surface area contributed by atoms with Gasteiger partial charge in [0.1, 0.15) is 0 Å². The lowest BCUT2D eigenvalue weighted by atomic mass is 10.2. The van der Waals surface area contributed by atoms with Crippen molar-refractivity contribution >= 4 is 11.7 Å². The van der Waals surface area contributed by atoms with Crippen LogP contribution in [0.3, 0.4) is 0 Å². The summed E-state index contributed by atoms with van der Waals surface area (Å²) in [6.45, 7) is 0. The summed E-state index contributed by atoms with van der Waals surface area (Å²) >= 11 is 0. The predicted molar refractivity (Wildman–Crippen MR) is 69.0 cm³/mol. The van der Waals surface area contributed by atoms with Gasteiger partial charge in [0, 0.05) is 0 Å². The molecule has 0 bridgehead atoms. The molecule has 0 unspecified atom stereocenters. The minimum Gasteiger partial charge on any atom is -0.464 e. The van der Waals surface area contributed by atoms with Gasteiger partial charge in [-0.15, -0.1) is 0 Å². The average Bonchev–Trinajstić information content (AvgIpc) is 2.48. The molecule has 0 aliphatic rings. The number of nitrogens with two attached hydrogens (primary N) is 1. The fourth-order valence-corrected chi connectivity index (χ4v) is 1.42. The molecule has 0 spiro atoms. The van der Waals surface area contributed by atoms with Crippen LogP contribution in [0.2, 0.25) is 0 Å². The Hall–Kier alpha value is -3.14. The van der Waals surface area contributed by atoms with Gasteiger partial charge in [-0.25, -0.2) is 9.78 Å². The molecule has 20 heavy (non-hydrogen) atoms. The molecule has 7 heteroatoms. The molecule has 0 atom stereocenters. The van der Waals surface area contributed by atoms with E-state index in [0.717, 1.165) is 0 Å². The van der Waals surface area contributed by atoms with Crippen molar-refractivity contribution in [3.8, 4) is 17.7 Å². The van der Waals surface area contributed by atoms with Gasteiger partial charge in [0.05, 0.1) is 36.8 Å². The molecular formula is C13H10N4O3. The predicted octanol–water partition coefficient (Wildman–Crippen LogP) is 1.51. The second-order valence-corrected chi connectivity index (χ2v) is 3.70. The molecule has 0 saturated carbocycles. The normalized spacial score (nSPS) is 9.60. The van der Waals surface area contributed by atoms with Gasteiger partial charge >= 0.3 is 5.97 Å². The number of esters is 1. The largest absolute Gasteiger partial charge is 0.464 e. The maximum absolute atomic E-state index is 11.3. The van der Waals surface area contributed by atoms with Gasteiger partial charge in [-0.05, 0) is 18.2 Å². The average molecular weight is 270 g/mol. The Morgan fingerprint density at radius 1 is 1.40 bits per heavy atom. The molecule has 7 nitrogen and oxygen atoms in total. The standard InChI is InChI=1S/C13H10N4O3/c1-19-13(18)10-6-16-7-12(17-10)20-11-3-2-8(5-14)4-9(11)15/h2-4,6-7H,15H2,1H3. The number of aromatic nitrogens is 2. The molecule has 1 aromatic heterocycles. The SMILES string of the molecule is COC(=O)c1cncc(Oc2ccc(C#N)cc2N)n1. The van der Waals surface area contributed by atoms with Crippen LogP contribution in [0.5, 0.6) is 11.6 Å². The van der Waals surface area contributed by atoms with Crippen LogP contribution in [0.4, 0.5) is 5.69 Å². The van der Waals surface area contributed by atoms with Gasteiger partial charge in [0.25, 0.3) is 0 Å². The molecular weight excluding hydrogens is 260 g/mol. The van der Waals surface area contributed by atoms with E-state index in [2.05, 4.69) is 14.7 Å². The number of nitrogens with zero attached hydrogens (tertiary/aromatic N) is 3. The molecule has 2 N–H and O–H groups in total. The van der Waals surface area contributed by atoms with E-state index in [4.69, 9.17) is 15.7 Å². The number of carbonyl (C=O) groups is 1. The lowest BCUT2D eigenvalue weighted by Crippen LogP contribution is -2.05. The smallest absolute Gasteiger partial charge is 0.358 e. The van der Waals surface area contributed by atoms with Crippen LogP contribution in [0.15, 0.2) is 30.6 Å². The van der Waals surface area contributed by atoms with E-state index in [1.54, 1.807) is 12.1 Å². The zero-order valence-corrected chi connectivity index (χ0v) is 10.5. The summed E-state index contributed by atoms with van der Waals surface area (Å²) in [5, 5.41) is 8.75. The molecule has 0 saturated heterocycles. The first-order chi connectivity index (χ1) is 9.63. The zero-order valence-electron chi connectivity index (χ0n) is 10.5. The van der Waals surface area contributed by atoms with Crippen molar-refractivity contribution in [2.24, 2.45) is 0 Å². The molecule has 0 aliphatic heterocycles. The maximum Gasteiger partial charge on any atom is 0.358 e. The van der Waals surface area contributed by atoms with Crippen molar-refractivity contribution in [3.05, 3.63) is 41.9 Å². The lowest BCUT2D eigenvalue weighted by Gasteiger charge is -2.08. The molecule has 0 radical (unpaired) electrons. The zero-order chi connectivity index (χ0) is 14.5. The van der Waals surface area contributed by atoms with Gasteiger partial charge in [0.2, 0.25) is 5.88 Å². The van der Waals surface area contributed by atoms with Crippen LogP contribution >= 0.6 is 0 Å². The minimum atomic E-state index is -0.615. The second kappa shape index (κ2) is 5.67. The Bertz CT molecular complexity index is 694. The minimum absolute atomic E-state index is 0.0252. The summed E-state index contributed by atoms with van der Waals surface area (Å²) in [5.41, 5.74) is 6.49. The molecule has 2 rings (SSSR count). The van der Waals surface area contributed by atoms with Crippen LogP contribution in [0, 0.1) is 11.3 Å². The Kier molecular flexibility index (Phi) is 3.77. The molecule has 0 aliphatic carbocycles. The van der Waals surface area contributed by atoms with Gasteiger partial charge in [-0.1, -0.05) is 0 Å². The van der Waals surface area contributed by atoms with Gasteiger partial charge < -0.3 is 15.2 Å². The van der Waals surface area contributed by atoms with Crippen LogP contribution in [-0.4, -0.2) is 23.0 Å². The van der Waals surface area contributed by atoms with Crippen LogP contribution in [0.25, 0.3) is 0 Å². The van der Waals surface area contributed by atoms with Crippen molar-refractivity contribution in [3.63, 3.8) is 0 Å². The topological polar surface area (TPSA) is 111 Å². The summed E-state index contributed by atoms with van der Waals surface area (Å²) < 4.78 is 9.97. The van der Waals surface area contributed by atoms with Crippen molar-refractivity contribution in [2.45, 2.75) is 0 Å². The lowest BCUT2D eigenvalue weighted by molar-refractivity contribution is 0.0592. The van der Waals surface area contributed by atoms with Gasteiger partial charge in [-0.2, -0.15) is 5.26 Å². The number of nitrogen functional groups attached to an aromatic ring is 1. The third kappa shape index (κ3) is 2.81. The molecule has 1 heterocycles. The highest BCUT2D eigenvalue weighted by Crippen LogP contribution is 2.26. The van der Waals surface area contributed by atoms with Crippen LogP contribution < -0.4 is 10.5 Å². The number of nitriles is 1. The van der Waals surface area contributed by atoms with Crippen molar-refractivity contribution in [2.75, 3.05) is 12.8 Å².